The predicted octanol–water partition coefficient (Wildman–Crippen LogP) is 2.64. The number of hydrogen-bond donors (Lipinski definition) is 2. The Balaban J connectivity index is 1.53. The van der Waals surface area contributed by atoms with Crippen molar-refractivity contribution in [3.8, 4) is 6.07 Å². The summed E-state index contributed by atoms with van der Waals surface area (Å²) < 4.78 is 1.98. The number of carboxylic acid groups (broad SMARTS) is 1. The van der Waals surface area contributed by atoms with E-state index in [0.29, 0.717) is 11.6 Å². The fourth-order valence-electron chi connectivity index (χ4n) is 4.42. The number of carbonyl (C=O) groups is 1. The summed E-state index contributed by atoms with van der Waals surface area (Å²) in [5.74, 6) is -0.175. The molecule has 4 rings (SSSR count). The van der Waals surface area contributed by atoms with Crippen LogP contribution < -0.4 is 5.32 Å². The quantitative estimate of drug-likeness (QED) is 0.811. The highest BCUT2D eigenvalue weighted by atomic mass is 16.4. The first-order valence-corrected chi connectivity index (χ1v) is 10.4. The van der Waals surface area contributed by atoms with Gasteiger partial charge in [-0.15, -0.1) is 0 Å². The lowest BCUT2D eigenvalue weighted by Crippen LogP contribution is -2.38. The summed E-state index contributed by atoms with van der Waals surface area (Å²) in [7, 11) is 0. The lowest BCUT2D eigenvalue weighted by molar-refractivity contribution is -0.138. The number of benzene rings is 1. The van der Waals surface area contributed by atoms with Crippen LogP contribution in [-0.4, -0.2) is 58.5 Å². The second-order valence-electron chi connectivity index (χ2n) is 8.03. The van der Waals surface area contributed by atoms with Gasteiger partial charge in [0.25, 0.3) is 0 Å². The van der Waals surface area contributed by atoms with Crippen LogP contribution >= 0.6 is 0 Å². The Bertz CT molecular complexity index is 944. The third-order valence-electron chi connectivity index (χ3n) is 6.04. The van der Waals surface area contributed by atoms with Crippen LogP contribution in [0, 0.1) is 17.2 Å². The van der Waals surface area contributed by atoms with Gasteiger partial charge in [0.15, 0.2) is 5.69 Å². The van der Waals surface area contributed by atoms with Crippen molar-refractivity contribution in [1.82, 2.24) is 20.0 Å². The van der Waals surface area contributed by atoms with Gasteiger partial charge in [0, 0.05) is 18.5 Å². The van der Waals surface area contributed by atoms with Crippen molar-refractivity contribution in [2.75, 3.05) is 32.7 Å². The standard InChI is InChI=1S/C22H27N5O2/c23-14-20-19-13-17(2-1-16-5-9-24-10-6-16)3-4-21(19)27(25-20)18-7-11-26(12-8-18)15-22(28)29/h1-4,13,16,18,24H,5-12,15H2,(H,28,29)/b2-1+. The van der Waals surface area contributed by atoms with E-state index >= 15 is 0 Å². The fourth-order valence-corrected chi connectivity index (χ4v) is 4.42. The lowest BCUT2D eigenvalue weighted by atomic mass is 9.96. The molecule has 2 aliphatic heterocycles. The number of allylic oxidation sites excluding steroid dienone is 1. The van der Waals surface area contributed by atoms with Gasteiger partial charge >= 0.3 is 5.97 Å². The molecule has 0 amide bonds. The molecule has 0 saturated carbocycles. The molecule has 3 heterocycles. The molecule has 2 fully saturated rings. The summed E-state index contributed by atoms with van der Waals surface area (Å²) in [6, 6.07) is 8.66. The molecule has 2 aliphatic rings. The van der Waals surface area contributed by atoms with Gasteiger partial charge in [-0.3, -0.25) is 14.4 Å². The van der Waals surface area contributed by atoms with E-state index in [1.54, 1.807) is 0 Å². The fraction of sp³-hybridized carbons (Fsp3) is 0.500. The molecule has 0 radical (unpaired) electrons. The van der Waals surface area contributed by atoms with Crippen molar-refractivity contribution in [2.45, 2.75) is 31.7 Å². The van der Waals surface area contributed by atoms with E-state index in [4.69, 9.17) is 5.11 Å². The SMILES string of the molecule is N#Cc1nn(C2CCN(CC(=O)O)CC2)c2ccc(/C=C/C3CCNCC3)cc12. The van der Waals surface area contributed by atoms with Crippen molar-refractivity contribution in [1.29, 1.82) is 5.26 Å². The minimum atomic E-state index is -0.787. The van der Waals surface area contributed by atoms with Crippen molar-refractivity contribution < 1.29 is 9.90 Å². The maximum Gasteiger partial charge on any atom is 0.317 e. The molecule has 0 atom stereocenters. The van der Waals surface area contributed by atoms with Gasteiger partial charge in [-0.2, -0.15) is 10.4 Å². The summed E-state index contributed by atoms with van der Waals surface area (Å²) in [5.41, 5.74) is 2.55. The largest absolute Gasteiger partial charge is 0.480 e. The summed E-state index contributed by atoms with van der Waals surface area (Å²) in [4.78, 5) is 12.9. The average Bonchev–Trinajstić information content (AvgIpc) is 3.11. The minimum absolute atomic E-state index is 0.0861. The van der Waals surface area contributed by atoms with E-state index < -0.39 is 5.97 Å². The molecular weight excluding hydrogens is 366 g/mol. The van der Waals surface area contributed by atoms with E-state index in [9.17, 15) is 10.1 Å². The number of carboxylic acids is 1. The highest BCUT2D eigenvalue weighted by molar-refractivity contribution is 5.86. The van der Waals surface area contributed by atoms with E-state index in [-0.39, 0.29) is 12.6 Å². The molecule has 2 saturated heterocycles. The Morgan fingerprint density at radius 3 is 2.72 bits per heavy atom. The highest BCUT2D eigenvalue weighted by Crippen LogP contribution is 2.29. The summed E-state index contributed by atoms with van der Waals surface area (Å²) in [5, 5.41) is 27.4. The Morgan fingerprint density at radius 2 is 2.03 bits per heavy atom. The van der Waals surface area contributed by atoms with Crippen molar-refractivity contribution in [3.05, 3.63) is 35.5 Å². The van der Waals surface area contributed by atoms with Crippen LogP contribution in [0.5, 0.6) is 0 Å². The Kier molecular flexibility index (Phi) is 5.93. The van der Waals surface area contributed by atoms with Gasteiger partial charge in [0.1, 0.15) is 6.07 Å². The van der Waals surface area contributed by atoms with Crippen molar-refractivity contribution >= 4 is 22.9 Å². The maximum atomic E-state index is 10.9. The number of aliphatic carboxylic acids is 1. The summed E-state index contributed by atoms with van der Waals surface area (Å²) >= 11 is 0. The summed E-state index contributed by atoms with van der Waals surface area (Å²) in [6.07, 6.45) is 8.47. The molecule has 7 heteroatoms. The van der Waals surface area contributed by atoms with Crippen LogP contribution in [0.4, 0.5) is 0 Å². The molecule has 0 spiro atoms. The molecule has 1 aromatic heterocycles. The molecule has 2 N–H and O–H groups in total. The number of nitrogens with zero attached hydrogens (tertiary/aromatic N) is 4. The molecule has 1 aromatic carbocycles. The van der Waals surface area contributed by atoms with Gasteiger partial charge in [0.05, 0.1) is 18.1 Å². The topological polar surface area (TPSA) is 94.2 Å². The van der Waals surface area contributed by atoms with Crippen LogP contribution in [-0.2, 0) is 4.79 Å². The second-order valence-corrected chi connectivity index (χ2v) is 8.03. The second kappa shape index (κ2) is 8.76. The zero-order chi connectivity index (χ0) is 20.2. The van der Waals surface area contributed by atoms with E-state index in [1.807, 2.05) is 9.58 Å². The number of rotatable bonds is 5. The van der Waals surface area contributed by atoms with Gasteiger partial charge in [-0.05, 0) is 62.4 Å². The number of likely N-dealkylation sites (tertiary alicyclic amines) is 1. The number of aromatic nitrogens is 2. The van der Waals surface area contributed by atoms with Gasteiger partial charge in [-0.25, -0.2) is 0 Å². The maximum absolute atomic E-state index is 10.9. The number of nitrogens with one attached hydrogen (secondary N) is 1. The molecule has 0 aliphatic carbocycles. The normalized spacial score (nSPS) is 19.7. The number of hydrogen-bond acceptors (Lipinski definition) is 5. The Labute approximate surface area is 170 Å². The van der Waals surface area contributed by atoms with E-state index in [0.717, 1.165) is 55.5 Å². The first-order valence-electron chi connectivity index (χ1n) is 10.4. The zero-order valence-electron chi connectivity index (χ0n) is 16.5. The third kappa shape index (κ3) is 4.50. The Hall–Kier alpha value is -2.69. The molecule has 29 heavy (non-hydrogen) atoms. The first kappa shape index (κ1) is 19.6. The van der Waals surface area contributed by atoms with Crippen molar-refractivity contribution in [2.24, 2.45) is 5.92 Å². The van der Waals surface area contributed by atoms with Crippen LogP contribution in [0.3, 0.4) is 0 Å². The van der Waals surface area contributed by atoms with Crippen LogP contribution in [0.25, 0.3) is 17.0 Å². The van der Waals surface area contributed by atoms with Gasteiger partial charge < -0.3 is 10.4 Å². The van der Waals surface area contributed by atoms with Crippen LogP contribution in [0.2, 0.25) is 0 Å². The average molecular weight is 393 g/mol. The van der Waals surface area contributed by atoms with E-state index in [1.165, 1.54) is 12.8 Å². The van der Waals surface area contributed by atoms with Crippen LogP contribution in [0.1, 0.15) is 43.0 Å². The molecular formula is C22H27N5O2. The number of piperidine rings is 2. The Morgan fingerprint density at radius 1 is 1.28 bits per heavy atom. The van der Waals surface area contributed by atoms with E-state index in [2.05, 4.69) is 46.8 Å². The molecule has 152 valence electrons. The third-order valence-corrected chi connectivity index (χ3v) is 6.04. The number of fused-ring (bicyclic) bond motifs is 1. The monoisotopic (exact) mass is 393 g/mol. The van der Waals surface area contributed by atoms with Crippen LogP contribution in [0.15, 0.2) is 24.3 Å². The number of nitriles is 1. The molecule has 0 unspecified atom stereocenters. The van der Waals surface area contributed by atoms with Gasteiger partial charge in [0.2, 0.25) is 0 Å². The van der Waals surface area contributed by atoms with Gasteiger partial charge in [-0.1, -0.05) is 18.2 Å². The predicted molar refractivity (Wildman–Crippen MR) is 111 cm³/mol. The molecule has 7 nitrogen and oxygen atoms in total. The first-order chi connectivity index (χ1) is 14.1. The highest BCUT2D eigenvalue weighted by Gasteiger charge is 2.24. The minimum Gasteiger partial charge on any atom is -0.480 e. The molecule has 0 bridgehead atoms. The smallest absolute Gasteiger partial charge is 0.317 e. The van der Waals surface area contributed by atoms with Crippen molar-refractivity contribution in [3.63, 3.8) is 0 Å². The lowest BCUT2D eigenvalue weighted by Gasteiger charge is -2.31. The zero-order valence-corrected chi connectivity index (χ0v) is 16.5. The summed E-state index contributed by atoms with van der Waals surface area (Å²) in [6.45, 7) is 3.70. The molecule has 2 aromatic rings.